The Bertz CT molecular complexity index is 752. The summed E-state index contributed by atoms with van der Waals surface area (Å²) < 4.78 is 0. The molecule has 0 radical (unpaired) electrons. The highest BCUT2D eigenvalue weighted by Gasteiger charge is 2.51. The number of hydrogen-bond donors (Lipinski definition) is 1. The molecule has 2 atom stereocenters. The van der Waals surface area contributed by atoms with Crippen LogP contribution in [0.25, 0.3) is 0 Å². The minimum atomic E-state index is -0.551. The van der Waals surface area contributed by atoms with Gasteiger partial charge in [-0.3, -0.25) is 9.69 Å². The molecule has 1 unspecified atom stereocenters. The number of anilines is 1. The van der Waals surface area contributed by atoms with Gasteiger partial charge in [0.25, 0.3) is 0 Å². The lowest BCUT2D eigenvalue weighted by Crippen LogP contribution is -2.46. The number of benzene rings is 1. The van der Waals surface area contributed by atoms with E-state index in [4.69, 9.17) is 5.73 Å². The van der Waals surface area contributed by atoms with Crippen LogP contribution in [0.5, 0.6) is 0 Å². The van der Waals surface area contributed by atoms with Gasteiger partial charge in [0.2, 0.25) is 5.91 Å². The first-order valence-electron chi connectivity index (χ1n) is 10.3. The fraction of sp³-hybridized carbons (Fsp3) is 0.619. The molecule has 3 amide bonds. The molecule has 0 aromatic heterocycles. The summed E-state index contributed by atoms with van der Waals surface area (Å²) in [6.45, 7) is 4.31. The van der Waals surface area contributed by atoms with Crippen molar-refractivity contribution in [2.24, 2.45) is 5.73 Å². The second kappa shape index (κ2) is 6.23. The molecule has 4 aliphatic rings. The van der Waals surface area contributed by atoms with Gasteiger partial charge in [0.05, 0.1) is 6.04 Å². The maximum absolute atomic E-state index is 12.9. The van der Waals surface area contributed by atoms with E-state index in [1.807, 2.05) is 17.0 Å². The molecule has 4 fully saturated rings. The summed E-state index contributed by atoms with van der Waals surface area (Å²) in [5.41, 5.74) is 8.12. The first-order valence-corrected chi connectivity index (χ1v) is 10.3. The minimum Gasteiger partial charge on any atom is -0.368 e. The molecule has 0 bridgehead atoms. The third-order valence-electron chi connectivity index (χ3n) is 7.02. The van der Waals surface area contributed by atoms with Crippen LogP contribution in [0.2, 0.25) is 0 Å². The van der Waals surface area contributed by atoms with Crippen LogP contribution in [-0.4, -0.2) is 60.0 Å². The predicted molar refractivity (Wildman–Crippen MR) is 104 cm³/mol. The maximum Gasteiger partial charge on any atom is 0.325 e. The van der Waals surface area contributed by atoms with Crippen LogP contribution in [0.15, 0.2) is 24.3 Å². The van der Waals surface area contributed by atoms with E-state index >= 15 is 0 Å². The molecular formula is C21H28N4O2. The first kappa shape index (κ1) is 17.0. The van der Waals surface area contributed by atoms with Gasteiger partial charge in [0.1, 0.15) is 6.04 Å². The van der Waals surface area contributed by atoms with Crippen LogP contribution in [0.3, 0.4) is 0 Å². The minimum absolute atomic E-state index is 0.0698. The molecule has 5 rings (SSSR count). The zero-order valence-corrected chi connectivity index (χ0v) is 15.8. The van der Waals surface area contributed by atoms with Crippen molar-refractivity contribution in [1.29, 1.82) is 0 Å². The zero-order chi connectivity index (χ0) is 18.6. The summed E-state index contributed by atoms with van der Waals surface area (Å²) in [5, 5.41) is 0. The van der Waals surface area contributed by atoms with Crippen molar-refractivity contribution in [3.05, 3.63) is 29.8 Å². The number of nitrogens with two attached hydrogens (primary N) is 1. The van der Waals surface area contributed by atoms with E-state index in [9.17, 15) is 9.59 Å². The van der Waals surface area contributed by atoms with Crippen molar-refractivity contribution in [3.8, 4) is 0 Å². The highest BCUT2D eigenvalue weighted by molar-refractivity contribution is 6.03. The molecule has 2 N–H and O–H groups in total. The van der Waals surface area contributed by atoms with E-state index in [2.05, 4.69) is 17.0 Å². The zero-order valence-electron chi connectivity index (χ0n) is 15.8. The van der Waals surface area contributed by atoms with Gasteiger partial charge in [-0.25, -0.2) is 4.79 Å². The predicted octanol–water partition coefficient (Wildman–Crippen LogP) is 2.07. The van der Waals surface area contributed by atoms with Gasteiger partial charge >= 0.3 is 6.03 Å². The standard InChI is InChI=1S/C21H28N4O2/c22-19(26)18-17-4-3-13-24(17)20(27)25(18)16-7-5-15(6-8-16)21(9-10-21)14-23-11-1-2-12-23/h5-8,17-18H,1-4,9-14H2,(H2,22,26)/t17-,18?/m1/s1. The molecule has 6 nitrogen and oxygen atoms in total. The van der Waals surface area contributed by atoms with E-state index in [0.717, 1.165) is 31.6 Å². The van der Waals surface area contributed by atoms with E-state index < -0.39 is 11.9 Å². The molecule has 144 valence electrons. The van der Waals surface area contributed by atoms with Crippen molar-refractivity contribution in [2.75, 3.05) is 31.1 Å². The monoisotopic (exact) mass is 368 g/mol. The average molecular weight is 368 g/mol. The highest BCUT2D eigenvalue weighted by atomic mass is 16.2. The third-order valence-corrected chi connectivity index (χ3v) is 7.02. The van der Waals surface area contributed by atoms with E-state index in [1.54, 1.807) is 4.90 Å². The van der Waals surface area contributed by atoms with Crippen LogP contribution in [0, 0.1) is 0 Å². The first-order chi connectivity index (χ1) is 13.1. The molecule has 6 heteroatoms. The molecule has 27 heavy (non-hydrogen) atoms. The fourth-order valence-electron chi connectivity index (χ4n) is 5.41. The molecular weight excluding hydrogens is 340 g/mol. The van der Waals surface area contributed by atoms with Crippen LogP contribution >= 0.6 is 0 Å². The Morgan fingerprint density at radius 2 is 1.78 bits per heavy atom. The summed E-state index contributed by atoms with van der Waals surface area (Å²) in [6.07, 6.45) is 6.92. The van der Waals surface area contributed by atoms with Crippen molar-refractivity contribution < 1.29 is 9.59 Å². The van der Waals surface area contributed by atoms with Gasteiger partial charge in [-0.05, 0) is 69.3 Å². The SMILES string of the molecule is NC(=O)C1[C@H]2CCCN2C(=O)N1c1ccc(C2(CN3CCCC3)CC2)cc1. The maximum atomic E-state index is 12.9. The lowest BCUT2D eigenvalue weighted by Gasteiger charge is -2.26. The Labute approximate surface area is 160 Å². The molecule has 1 saturated carbocycles. The van der Waals surface area contributed by atoms with E-state index in [-0.39, 0.29) is 12.1 Å². The summed E-state index contributed by atoms with van der Waals surface area (Å²) >= 11 is 0. The quantitative estimate of drug-likeness (QED) is 0.865. The van der Waals surface area contributed by atoms with Crippen molar-refractivity contribution in [1.82, 2.24) is 9.80 Å². The molecule has 1 aromatic carbocycles. The summed E-state index contributed by atoms with van der Waals surface area (Å²) in [7, 11) is 0. The Balaban J connectivity index is 1.38. The van der Waals surface area contributed by atoms with Crippen LogP contribution in [0.4, 0.5) is 10.5 Å². The van der Waals surface area contributed by atoms with Gasteiger partial charge in [0, 0.05) is 24.2 Å². The van der Waals surface area contributed by atoms with Gasteiger partial charge in [-0.1, -0.05) is 12.1 Å². The van der Waals surface area contributed by atoms with Gasteiger partial charge < -0.3 is 15.5 Å². The number of fused-ring (bicyclic) bond motifs is 1. The number of likely N-dealkylation sites (tertiary alicyclic amines) is 1. The summed E-state index contributed by atoms with van der Waals surface area (Å²) in [6, 6.07) is 7.64. The summed E-state index contributed by atoms with van der Waals surface area (Å²) in [4.78, 5) is 31.0. The second-order valence-electron chi connectivity index (χ2n) is 8.71. The fourth-order valence-corrected chi connectivity index (χ4v) is 5.41. The average Bonchev–Trinajstić information content (AvgIpc) is 3.03. The highest BCUT2D eigenvalue weighted by Crippen LogP contribution is 2.49. The normalized spacial score (nSPS) is 29.4. The molecule has 0 spiro atoms. The molecule has 3 heterocycles. The van der Waals surface area contributed by atoms with Crippen LogP contribution < -0.4 is 10.6 Å². The molecule has 1 aromatic rings. The number of carbonyl (C=O) groups excluding carboxylic acids is 2. The number of urea groups is 1. The van der Waals surface area contributed by atoms with E-state index in [0.29, 0.717) is 5.41 Å². The Kier molecular flexibility index (Phi) is 3.93. The Morgan fingerprint density at radius 3 is 2.41 bits per heavy atom. The topological polar surface area (TPSA) is 69.9 Å². The second-order valence-corrected chi connectivity index (χ2v) is 8.71. The number of amides is 3. The lowest BCUT2D eigenvalue weighted by atomic mass is 9.94. The Hall–Kier alpha value is -2.08. The molecule has 3 saturated heterocycles. The number of primary amides is 1. The summed E-state index contributed by atoms with van der Waals surface area (Å²) in [5.74, 6) is -0.408. The van der Waals surface area contributed by atoms with Gasteiger partial charge in [-0.15, -0.1) is 0 Å². The number of carbonyl (C=O) groups is 2. The number of rotatable bonds is 5. The number of hydrogen-bond acceptors (Lipinski definition) is 3. The number of nitrogens with zero attached hydrogens (tertiary/aromatic N) is 3. The molecule has 1 aliphatic carbocycles. The van der Waals surface area contributed by atoms with E-state index in [1.165, 1.54) is 44.3 Å². The Morgan fingerprint density at radius 1 is 1.07 bits per heavy atom. The smallest absolute Gasteiger partial charge is 0.325 e. The van der Waals surface area contributed by atoms with Crippen molar-refractivity contribution in [3.63, 3.8) is 0 Å². The van der Waals surface area contributed by atoms with Gasteiger partial charge in [-0.2, -0.15) is 0 Å². The van der Waals surface area contributed by atoms with Crippen LogP contribution in [-0.2, 0) is 10.2 Å². The third kappa shape index (κ3) is 2.73. The molecule has 3 aliphatic heterocycles. The lowest BCUT2D eigenvalue weighted by molar-refractivity contribution is -0.119. The largest absolute Gasteiger partial charge is 0.368 e. The van der Waals surface area contributed by atoms with Crippen molar-refractivity contribution in [2.45, 2.75) is 56.0 Å². The van der Waals surface area contributed by atoms with Gasteiger partial charge in [0.15, 0.2) is 0 Å². The van der Waals surface area contributed by atoms with Crippen molar-refractivity contribution >= 4 is 17.6 Å². The van der Waals surface area contributed by atoms with Crippen LogP contribution in [0.1, 0.15) is 44.1 Å².